The lowest BCUT2D eigenvalue weighted by Gasteiger charge is -2.21. The van der Waals surface area contributed by atoms with Gasteiger partial charge in [0.15, 0.2) is 0 Å². The minimum atomic E-state index is 0.116. The molecule has 4 rings (SSSR count). The summed E-state index contributed by atoms with van der Waals surface area (Å²) in [7, 11) is 0. The Morgan fingerprint density at radius 3 is 1.27 bits per heavy atom. The highest BCUT2D eigenvalue weighted by atomic mass is 16.3. The van der Waals surface area contributed by atoms with Crippen LogP contribution >= 0.6 is 0 Å². The number of hydrogen-bond donors (Lipinski definition) is 2. The van der Waals surface area contributed by atoms with Gasteiger partial charge in [-0.3, -0.25) is 9.98 Å². The molecular weight excluding hydrogens is 540 g/mol. The van der Waals surface area contributed by atoms with Gasteiger partial charge in [0.1, 0.15) is 11.5 Å². The summed E-state index contributed by atoms with van der Waals surface area (Å²) in [6.07, 6.45) is 5.31. The molecule has 0 bridgehead atoms. The predicted molar refractivity (Wildman–Crippen MR) is 189 cm³/mol. The van der Waals surface area contributed by atoms with E-state index in [0.29, 0.717) is 22.5 Å². The van der Waals surface area contributed by atoms with Gasteiger partial charge < -0.3 is 10.2 Å². The first-order valence-corrected chi connectivity index (χ1v) is 15.8. The Kier molecular flexibility index (Phi) is 9.73. The molecule has 0 aromatic heterocycles. The van der Waals surface area contributed by atoms with Gasteiger partial charge in [-0.1, -0.05) is 106 Å². The van der Waals surface area contributed by atoms with Gasteiger partial charge in [-0.2, -0.15) is 0 Å². The van der Waals surface area contributed by atoms with Crippen LogP contribution in [0.25, 0.3) is 10.8 Å². The van der Waals surface area contributed by atoms with Crippen LogP contribution in [0.3, 0.4) is 0 Å². The van der Waals surface area contributed by atoms with Crippen LogP contribution in [0.1, 0.15) is 114 Å². The Balaban J connectivity index is 1.83. The maximum Gasteiger partial charge on any atom is 0.127 e. The molecule has 44 heavy (non-hydrogen) atoms. The molecule has 0 aliphatic carbocycles. The molecule has 0 saturated carbocycles. The normalized spacial score (nSPS) is 12.9. The zero-order valence-electron chi connectivity index (χ0n) is 28.3. The third-order valence-electron chi connectivity index (χ3n) is 7.70. The zero-order valence-corrected chi connectivity index (χ0v) is 28.3. The van der Waals surface area contributed by atoms with E-state index in [-0.39, 0.29) is 34.2 Å². The number of nitrogens with zero attached hydrogens (tertiary/aromatic N) is 2. The second-order valence-corrected chi connectivity index (χ2v) is 15.2. The molecule has 0 spiro atoms. The first-order chi connectivity index (χ1) is 20.5. The first kappa shape index (κ1) is 33.0. The van der Waals surface area contributed by atoms with Gasteiger partial charge in [0.05, 0.1) is 11.4 Å². The standard InChI is InChI=1S/C40H50N2O2/c1-25(2)33-17-27(21-39(5,6)7)15-31(37(33)43)23-41-35-19-29-13-11-12-14-30(29)20-36(35)42-24-32-16-28(22-40(8,9)10)18-34(26(3)4)38(32)44/h11-20,23-26,43-44H,21-22H2,1-10H3. The highest BCUT2D eigenvalue weighted by molar-refractivity contribution is 5.96. The van der Waals surface area contributed by atoms with E-state index in [4.69, 9.17) is 9.98 Å². The van der Waals surface area contributed by atoms with Gasteiger partial charge in [0.2, 0.25) is 0 Å². The van der Waals surface area contributed by atoms with Crippen molar-refractivity contribution in [3.8, 4) is 11.5 Å². The lowest BCUT2D eigenvalue weighted by Crippen LogP contribution is -2.10. The van der Waals surface area contributed by atoms with Crippen LogP contribution in [0.4, 0.5) is 11.4 Å². The van der Waals surface area contributed by atoms with Gasteiger partial charge in [0, 0.05) is 23.6 Å². The monoisotopic (exact) mass is 590 g/mol. The highest BCUT2D eigenvalue weighted by Crippen LogP contribution is 2.37. The number of rotatable bonds is 8. The summed E-state index contributed by atoms with van der Waals surface area (Å²) >= 11 is 0. The Bertz CT molecular complexity index is 1570. The van der Waals surface area contributed by atoms with Crippen LogP contribution in [0.15, 0.2) is 70.6 Å². The van der Waals surface area contributed by atoms with Crippen LogP contribution < -0.4 is 0 Å². The van der Waals surface area contributed by atoms with Crippen molar-refractivity contribution in [2.75, 3.05) is 0 Å². The summed E-state index contributed by atoms with van der Waals surface area (Å²) in [4.78, 5) is 9.82. The number of phenols is 2. The average Bonchev–Trinajstić information content (AvgIpc) is 2.91. The third-order valence-corrected chi connectivity index (χ3v) is 7.70. The maximum absolute atomic E-state index is 11.2. The van der Waals surface area contributed by atoms with Crippen LogP contribution in [-0.2, 0) is 12.8 Å². The second-order valence-electron chi connectivity index (χ2n) is 15.2. The van der Waals surface area contributed by atoms with Crippen molar-refractivity contribution >= 4 is 34.6 Å². The Hall–Kier alpha value is -3.92. The summed E-state index contributed by atoms with van der Waals surface area (Å²) in [6, 6.07) is 20.6. The van der Waals surface area contributed by atoms with Crippen molar-refractivity contribution in [2.45, 2.75) is 93.9 Å². The SMILES string of the molecule is CC(C)c1cc(CC(C)(C)C)cc(C=Nc2cc3ccccc3cc2N=Cc2cc(CC(C)(C)C)cc(C(C)C)c2O)c1O. The molecule has 232 valence electrons. The van der Waals surface area contributed by atoms with E-state index in [1.54, 1.807) is 12.4 Å². The van der Waals surface area contributed by atoms with Crippen molar-refractivity contribution in [3.05, 3.63) is 94.0 Å². The summed E-state index contributed by atoms with van der Waals surface area (Å²) in [5.74, 6) is 0.906. The molecule has 0 atom stereocenters. The highest BCUT2D eigenvalue weighted by Gasteiger charge is 2.18. The van der Waals surface area contributed by atoms with E-state index in [1.807, 2.05) is 36.4 Å². The minimum Gasteiger partial charge on any atom is -0.507 e. The summed E-state index contributed by atoms with van der Waals surface area (Å²) in [5.41, 5.74) is 7.25. The topological polar surface area (TPSA) is 65.2 Å². The molecule has 0 heterocycles. The van der Waals surface area contributed by atoms with Crippen LogP contribution in [0.5, 0.6) is 11.5 Å². The molecule has 0 unspecified atom stereocenters. The lowest BCUT2D eigenvalue weighted by atomic mass is 9.85. The minimum absolute atomic E-state index is 0.116. The number of fused-ring (bicyclic) bond motifs is 1. The van der Waals surface area contributed by atoms with Crippen molar-refractivity contribution in [3.63, 3.8) is 0 Å². The number of phenolic OH excluding ortho intramolecular Hbond substituents is 2. The zero-order chi connectivity index (χ0) is 32.4. The van der Waals surface area contributed by atoms with E-state index < -0.39 is 0 Å². The maximum atomic E-state index is 11.2. The summed E-state index contributed by atoms with van der Waals surface area (Å²) in [6.45, 7) is 21.8. The first-order valence-electron chi connectivity index (χ1n) is 15.8. The fourth-order valence-electron chi connectivity index (χ4n) is 5.70. The van der Waals surface area contributed by atoms with Gasteiger partial charge in [-0.05, 0) is 92.8 Å². The van der Waals surface area contributed by atoms with Crippen LogP contribution in [0.2, 0.25) is 0 Å². The van der Waals surface area contributed by atoms with Crippen molar-refractivity contribution < 1.29 is 10.2 Å². The van der Waals surface area contributed by atoms with Crippen molar-refractivity contribution in [1.82, 2.24) is 0 Å². The van der Waals surface area contributed by atoms with Crippen molar-refractivity contribution in [2.24, 2.45) is 20.8 Å². The molecule has 0 saturated heterocycles. The molecular formula is C40H50N2O2. The van der Waals surface area contributed by atoms with E-state index in [1.165, 1.54) is 11.1 Å². The molecule has 0 fully saturated rings. The predicted octanol–water partition coefficient (Wildman–Crippen LogP) is 11.2. The van der Waals surface area contributed by atoms with Crippen molar-refractivity contribution in [1.29, 1.82) is 0 Å². The number of benzene rings is 4. The summed E-state index contributed by atoms with van der Waals surface area (Å²) in [5, 5.41) is 24.5. The molecule has 4 aromatic rings. The fourth-order valence-corrected chi connectivity index (χ4v) is 5.70. The van der Waals surface area contributed by atoms with E-state index >= 15 is 0 Å². The quantitative estimate of drug-likeness (QED) is 0.200. The largest absolute Gasteiger partial charge is 0.507 e. The molecule has 4 nitrogen and oxygen atoms in total. The van der Waals surface area contributed by atoms with Gasteiger partial charge in [0.25, 0.3) is 0 Å². The lowest BCUT2D eigenvalue weighted by molar-refractivity contribution is 0.409. The van der Waals surface area contributed by atoms with Gasteiger partial charge in [-0.15, -0.1) is 0 Å². The molecule has 4 heteroatoms. The number of aromatic hydroxyl groups is 2. The van der Waals surface area contributed by atoms with Crippen LogP contribution in [-0.4, -0.2) is 22.6 Å². The molecule has 2 N–H and O–H groups in total. The number of aliphatic imine (C=N–C) groups is 2. The molecule has 4 aromatic carbocycles. The smallest absolute Gasteiger partial charge is 0.127 e. The molecule has 0 amide bonds. The third kappa shape index (κ3) is 8.37. The van der Waals surface area contributed by atoms with Gasteiger partial charge in [-0.25, -0.2) is 0 Å². The molecule has 0 aliphatic rings. The second kappa shape index (κ2) is 13.0. The van der Waals surface area contributed by atoms with Gasteiger partial charge >= 0.3 is 0 Å². The molecule has 0 radical (unpaired) electrons. The fraction of sp³-hybridized carbons (Fsp3) is 0.400. The number of hydrogen-bond acceptors (Lipinski definition) is 4. The Morgan fingerprint density at radius 2 is 0.955 bits per heavy atom. The Morgan fingerprint density at radius 1 is 0.591 bits per heavy atom. The summed E-state index contributed by atoms with van der Waals surface area (Å²) < 4.78 is 0. The Labute approximate surface area is 264 Å². The average molecular weight is 591 g/mol. The van der Waals surface area contributed by atoms with Crippen LogP contribution in [0, 0.1) is 10.8 Å². The van der Waals surface area contributed by atoms with E-state index in [9.17, 15) is 10.2 Å². The van der Waals surface area contributed by atoms with E-state index in [2.05, 4.69) is 93.5 Å². The van der Waals surface area contributed by atoms with E-state index in [0.717, 1.165) is 34.7 Å². The molecule has 0 aliphatic heterocycles.